The fourth-order valence-electron chi connectivity index (χ4n) is 2.68. The summed E-state index contributed by atoms with van der Waals surface area (Å²) in [6, 6.07) is 9.08. The third-order valence-electron chi connectivity index (χ3n) is 3.75. The summed E-state index contributed by atoms with van der Waals surface area (Å²) >= 11 is 5.90. The molecule has 0 atom stereocenters. The van der Waals surface area contributed by atoms with Gasteiger partial charge in [0.05, 0.1) is 9.95 Å². The van der Waals surface area contributed by atoms with Gasteiger partial charge in [-0.05, 0) is 26.0 Å². The van der Waals surface area contributed by atoms with Crippen LogP contribution in [-0.2, 0) is 11.2 Å². The van der Waals surface area contributed by atoms with Crippen LogP contribution in [0.15, 0.2) is 36.4 Å². The molecule has 2 aromatic carbocycles. The number of hydrogen-bond acceptors (Lipinski definition) is 6. The van der Waals surface area contributed by atoms with E-state index in [-0.39, 0.29) is 28.7 Å². The number of nitro groups is 1. The summed E-state index contributed by atoms with van der Waals surface area (Å²) in [6.07, 6.45) is 0.752. The molecule has 0 saturated heterocycles. The maximum atomic E-state index is 12.0. The topological polar surface area (TPSA) is 87.9 Å². The van der Waals surface area contributed by atoms with Gasteiger partial charge in [-0.1, -0.05) is 23.7 Å². The lowest BCUT2D eigenvalue weighted by atomic mass is 10.0. The van der Waals surface area contributed by atoms with Crippen molar-refractivity contribution in [3.63, 3.8) is 0 Å². The molecule has 8 heteroatoms. The molecule has 136 valence electrons. The third-order valence-corrected chi connectivity index (χ3v) is 4.05. The second-order valence-corrected chi connectivity index (χ2v) is 6.82. The zero-order valence-corrected chi connectivity index (χ0v) is 14.9. The summed E-state index contributed by atoms with van der Waals surface area (Å²) in [7, 11) is 0. The fourth-order valence-corrected chi connectivity index (χ4v) is 2.89. The maximum Gasteiger partial charge on any atom is 0.349 e. The Kier molecular flexibility index (Phi) is 4.73. The molecule has 0 N–H and O–H groups in total. The molecular formula is C18H16ClNO6. The van der Waals surface area contributed by atoms with Gasteiger partial charge >= 0.3 is 5.97 Å². The van der Waals surface area contributed by atoms with Crippen LogP contribution in [0.1, 0.15) is 19.4 Å². The minimum atomic E-state index is -0.685. The van der Waals surface area contributed by atoms with Gasteiger partial charge in [-0.25, -0.2) is 4.79 Å². The third kappa shape index (κ3) is 3.88. The quantitative estimate of drug-likeness (QED) is 0.339. The first-order chi connectivity index (χ1) is 12.2. The maximum absolute atomic E-state index is 12.0. The number of halogens is 1. The van der Waals surface area contributed by atoms with Gasteiger partial charge in [-0.3, -0.25) is 10.1 Å². The molecule has 0 spiro atoms. The minimum absolute atomic E-state index is 0.0292. The number of carbonyl (C=O) groups is 1. The van der Waals surface area contributed by atoms with Gasteiger partial charge in [0, 0.05) is 24.1 Å². The number of non-ortho nitro benzene ring substituents is 1. The molecule has 0 unspecified atom stereocenters. The van der Waals surface area contributed by atoms with Crippen molar-refractivity contribution in [1.82, 2.24) is 0 Å². The van der Waals surface area contributed by atoms with Gasteiger partial charge in [-0.15, -0.1) is 0 Å². The van der Waals surface area contributed by atoms with E-state index in [1.165, 1.54) is 12.1 Å². The van der Waals surface area contributed by atoms with Crippen molar-refractivity contribution in [1.29, 1.82) is 0 Å². The molecule has 2 aromatic rings. The molecule has 1 heterocycles. The minimum Gasteiger partial charge on any atom is -0.483 e. The molecule has 0 bridgehead atoms. The fraction of sp³-hybridized carbons (Fsp3) is 0.278. The van der Waals surface area contributed by atoms with Gasteiger partial charge in [0.2, 0.25) is 0 Å². The molecule has 1 aliphatic rings. The second-order valence-electron chi connectivity index (χ2n) is 6.42. The van der Waals surface area contributed by atoms with E-state index in [1.807, 2.05) is 26.0 Å². The van der Waals surface area contributed by atoms with E-state index in [4.69, 9.17) is 25.8 Å². The first-order valence-electron chi connectivity index (χ1n) is 7.83. The highest BCUT2D eigenvalue weighted by atomic mass is 35.5. The van der Waals surface area contributed by atoms with Crippen LogP contribution in [0.2, 0.25) is 5.02 Å². The average molecular weight is 378 g/mol. The first kappa shape index (κ1) is 18.0. The molecule has 3 rings (SSSR count). The highest BCUT2D eigenvalue weighted by molar-refractivity contribution is 6.32. The molecule has 1 aliphatic heterocycles. The Balaban J connectivity index is 1.64. The van der Waals surface area contributed by atoms with E-state index in [1.54, 1.807) is 6.07 Å². The highest BCUT2D eigenvalue weighted by Gasteiger charge is 2.32. The van der Waals surface area contributed by atoms with E-state index < -0.39 is 10.9 Å². The van der Waals surface area contributed by atoms with Crippen molar-refractivity contribution in [3.05, 3.63) is 57.1 Å². The number of hydrogen-bond donors (Lipinski definition) is 0. The first-order valence-corrected chi connectivity index (χ1v) is 8.21. The van der Waals surface area contributed by atoms with Crippen LogP contribution in [-0.4, -0.2) is 23.1 Å². The lowest BCUT2D eigenvalue weighted by Gasteiger charge is -2.18. The molecule has 0 aromatic heterocycles. The lowest BCUT2D eigenvalue weighted by molar-refractivity contribution is -0.384. The SMILES string of the molecule is CC1(C)Cc2cccc(OCC(=O)Oc3ccc([N+](=O)[O-])cc3Cl)c2O1. The van der Waals surface area contributed by atoms with Crippen molar-refractivity contribution in [2.45, 2.75) is 25.9 Å². The standard InChI is InChI=1S/C18H16ClNO6/c1-18(2)9-11-4-3-5-15(17(11)26-18)24-10-16(21)25-14-7-6-12(20(22)23)8-13(14)19/h3-8H,9-10H2,1-2H3. The van der Waals surface area contributed by atoms with Crippen LogP contribution >= 0.6 is 11.6 Å². The monoisotopic (exact) mass is 377 g/mol. The van der Waals surface area contributed by atoms with Crippen LogP contribution in [0, 0.1) is 10.1 Å². The van der Waals surface area contributed by atoms with E-state index in [2.05, 4.69) is 0 Å². The van der Waals surface area contributed by atoms with Crippen molar-refractivity contribution in [3.8, 4) is 17.2 Å². The Morgan fingerprint density at radius 3 is 2.77 bits per heavy atom. The van der Waals surface area contributed by atoms with Gasteiger partial charge < -0.3 is 14.2 Å². The van der Waals surface area contributed by atoms with Crippen LogP contribution in [0.4, 0.5) is 5.69 Å². The van der Waals surface area contributed by atoms with Crippen LogP contribution in [0.25, 0.3) is 0 Å². The number of nitro benzene ring substituents is 1. The summed E-state index contributed by atoms with van der Waals surface area (Å²) < 4.78 is 16.5. The Morgan fingerprint density at radius 2 is 2.08 bits per heavy atom. The molecule has 7 nitrogen and oxygen atoms in total. The number of nitrogens with zero attached hydrogens (tertiary/aromatic N) is 1. The van der Waals surface area contributed by atoms with Crippen molar-refractivity contribution in [2.24, 2.45) is 0 Å². The second kappa shape index (κ2) is 6.84. The number of fused-ring (bicyclic) bond motifs is 1. The van der Waals surface area contributed by atoms with E-state index >= 15 is 0 Å². The Hall–Kier alpha value is -2.80. The van der Waals surface area contributed by atoms with Gasteiger partial charge in [0.15, 0.2) is 18.1 Å². The van der Waals surface area contributed by atoms with Crippen molar-refractivity contribution < 1.29 is 23.9 Å². The number of ether oxygens (including phenoxy) is 3. The number of benzene rings is 2. The zero-order valence-electron chi connectivity index (χ0n) is 14.2. The molecule has 0 aliphatic carbocycles. The predicted octanol–water partition coefficient (Wildman–Crippen LogP) is 3.95. The smallest absolute Gasteiger partial charge is 0.349 e. The Morgan fingerprint density at radius 1 is 1.31 bits per heavy atom. The summed E-state index contributed by atoms with van der Waals surface area (Å²) in [4.78, 5) is 22.1. The van der Waals surface area contributed by atoms with Crippen molar-refractivity contribution >= 4 is 23.3 Å². The molecular weight excluding hydrogens is 362 g/mol. The lowest BCUT2D eigenvalue weighted by Crippen LogP contribution is -2.25. The summed E-state index contributed by atoms with van der Waals surface area (Å²) in [5, 5.41) is 10.7. The number of para-hydroxylation sites is 1. The Bertz CT molecular complexity index is 880. The van der Waals surface area contributed by atoms with Crippen molar-refractivity contribution in [2.75, 3.05) is 6.61 Å². The molecule has 0 amide bonds. The summed E-state index contributed by atoms with van der Waals surface area (Å²) in [5.74, 6) is 0.427. The zero-order chi connectivity index (χ0) is 18.9. The summed E-state index contributed by atoms with van der Waals surface area (Å²) in [6.45, 7) is 3.59. The van der Waals surface area contributed by atoms with E-state index in [0.717, 1.165) is 18.1 Å². The largest absolute Gasteiger partial charge is 0.483 e. The number of carbonyl (C=O) groups excluding carboxylic acids is 1. The summed E-state index contributed by atoms with van der Waals surface area (Å²) in [5.41, 5.74) is 0.499. The molecule has 0 radical (unpaired) electrons. The van der Waals surface area contributed by atoms with Gasteiger partial charge in [-0.2, -0.15) is 0 Å². The van der Waals surface area contributed by atoms with Crippen LogP contribution in [0.5, 0.6) is 17.2 Å². The van der Waals surface area contributed by atoms with Crippen LogP contribution in [0.3, 0.4) is 0 Å². The van der Waals surface area contributed by atoms with E-state index in [9.17, 15) is 14.9 Å². The Labute approximate surface area is 154 Å². The average Bonchev–Trinajstić information content (AvgIpc) is 2.89. The normalized spacial score (nSPS) is 14.3. The highest BCUT2D eigenvalue weighted by Crippen LogP contribution is 2.41. The molecule has 0 saturated carbocycles. The molecule has 26 heavy (non-hydrogen) atoms. The predicted molar refractivity (Wildman–Crippen MR) is 94.1 cm³/mol. The number of rotatable bonds is 5. The van der Waals surface area contributed by atoms with E-state index in [0.29, 0.717) is 11.5 Å². The molecule has 0 fully saturated rings. The van der Waals surface area contributed by atoms with Crippen LogP contribution < -0.4 is 14.2 Å². The number of esters is 1. The van der Waals surface area contributed by atoms with Gasteiger partial charge in [0.1, 0.15) is 11.4 Å². The van der Waals surface area contributed by atoms with Gasteiger partial charge in [0.25, 0.3) is 5.69 Å².